The fraction of sp³-hybridized carbons (Fsp3) is 0.308. The van der Waals surface area contributed by atoms with Crippen LogP contribution in [-0.2, 0) is 0 Å². The number of halogens is 1. The number of rotatable bonds is 5. The summed E-state index contributed by atoms with van der Waals surface area (Å²) in [5.41, 5.74) is 0. The van der Waals surface area contributed by atoms with Crippen molar-refractivity contribution in [1.82, 2.24) is 4.90 Å². The summed E-state index contributed by atoms with van der Waals surface area (Å²) in [4.78, 5) is 2.00. The van der Waals surface area contributed by atoms with Gasteiger partial charge in [-0.15, -0.1) is 10.2 Å². The van der Waals surface area contributed by atoms with E-state index in [-0.39, 0.29) is 0 Å². The predicted molar refractivity (Wildman–Crippen MR) is 68.4 cm³/mol. The van der Waals surface area contributed by atoms with E-state index in [0.717, 1.165) is 0 Å². The van der Waals surface area contributed by atoms with Gasteiger partial charge < -0.3 is 4.90 Å². The number of hydrogen-bond donors (Lipinski definition) is 0. The summed E-state index contributed by atoms with van der Waals surface area (Å²) in [6.07, 6.45) is 18.0. The van der Waals surface area contributed by atoms with Gasteiger partial charge in [0, 0.05) is 20.2 Å². The molecule has 0 unspecified atom stereocenters. The highest BCUT2D eigenvalue weighted by Crippen LogP contribution is 1.83. The molecule has 0 amide bonds. The minimum absolute atomic E-state index is 2.00. The van der Waals surface area contributed by atoms with Crippen molar-refractivity contribution in [3.8, 4) is 0 Å². The molecule has 114 valence electrons. The van der Waals surface area contributed by atoms with Gasteiger partial charge in [0.25, 0.3) is 0 Å². The molecule has 0 saturated carbocycles. The fourth-order valence-electron chi connectivity index (χ4n) is 0.764. The molecular formula is C13H21ClN2O4. The van der Waals surface area contributed by atoms with Crippen molar-refractivity contribution in [3.63, 3.8) is 0 Å². The third kappa shape index (κ3) is 36.0. The first kappa shape index (κ1) is 20.9. The van der Waals surface area contributed by atoms with Gasteiger partial charge in [-0.05, 0) is 12.3 Å². The summed E-state index contributed by atoms with van der Waals surface area (Å²) in [6, 6.07) is 0. The summed E-state index contributed by atoms with van der Waals surface area (Å²) in [6.45, 7) is 0. The van der Waals surface area contributed by atoms with Crippen molar-refractivity contribution < 1.29 is 33.5 Å². The predicted octanol–water partition coefficient (Wildman–Crippen LogP) is -2.68. The molecule has 0 heterocycles. The van der Waals surface area contributed by atoms with Crippen molar-refractivity contribution in [2.45, 2.75) is 0 Å². The largest absolute Gasteiger partial charge is 0.383 e. The van der Waals surface area contributed by atoms with Gasteiger partial charge in [-0.2, -0.15) is 0 Å². The van der Waals surface area contributed by atoms with Gasteiger partial charge in [-0.1, -0.05) is 30.4 Å². The van der Waals surface area contributed by atoms with E-state index in [0.29, 0.717) is 0 Å². The van der Waals surface area contributed by atoms with Crippen LogP contribution in [0.25, 0.3) is 0 Å². The van der Waals surface area contributed by atoms with Crippen LogP contribution in [0.5, 0.6) is 0 Å². The van der Waals surface area contributed by atoms with E-state index in [1.165, 1.54) is 0 Å². The third-order valence-electron chi connectivity index (χ3n) is 1.44. The molecule has 0 aliphatic rings. The fourth-order valence-corrected chi connectivity index (χ4v) is 0.764. The Morgan fingerprint density at radius 2 is 1.10 bits per heavy atom. The van der Waals surface area contributed by atoms with Crippen LogP contribution in [0.2, 0.25) is 0 Å². The van der Waals surface area contributed by atoms with Crippen molar-refractivity contribution in [3.05, 3.63) is 48.7 Å². The molecule has 0 aromatic rings. The zero-order chi connectivity index (χ0) is 16.0. The normalized spacial score (nSPS) is 12.2. The van der Waals surface area contributed by atoms with Gasteiger partial charge in [0.05, 0.1) is 0 Å². The zero-order valence-electron chi connectivity index (χ0n) is 12.1. The third-order valence-corrected chi connectivity index (χ3v) is 1.44. The molecular weight excluding hydrogens is 284 g/mol. The summed E-state index contributed by atoms with van der Waals surface area (Å²) in [7, 11) is 3.06. The smallest absolute Gasteiger partial charge is 0.162 e. The Morgan fingerprint density at radius 1 is 0.750 bits per heavy atom. The molecule has 0 aliphatic carbocycles. The van der Waals surface area contributed by atoms with Gasteiger partial charge >= 0.3 is 0 Å². The lowest BCUT2D eigenvalue weighted by Crippen LogP contribution is -2.68. The molecule has 0 bridgehead atoms. The minimum Gasteiger partial charge on any atom is -0.383 e. The van der Waals surface area contributed by atoms with Crippen molar-refractivity contribution in [1.29, 1.82) is 0 Å². The average molecular weight is 305 g/mol. The van der Waals surface area contributed by atoms with E-state index in [1.807, 2.05) is 92.6 Å². The van der Waals surface area contributed by atoms with E-state index in [2.05, 4.69) is 0 Å². The van der Waals surface area contributed by atoms with E-state index in [4.69, 9.17) is 18.6 Å². The maximum atomic E-state index is 8.49. The first-order chi connectivity index (χ1) is 9.13. The summed E-state index contributed by atoms with van der Waals surface area (Å²) in [5, 5.41) is 0. The van der Waals surface area contributed by atoms with E-state index in [1.54, 1.807) is 0 Å². The van der Waals surface area contributed by atoms with Crippen molar-refractivity contribution in [2.75, 3.05) is 28.2 Å². The van der Waals surface area contributed by atoms with E-state index >= 15 is 0 Å². The van der Waals surface area contributed by atoms with Crippen molar-refractivity contribution >= 4 is 6.21 Å². The van der Waals surface area contributed by atoms with Crippen LogP contribution in [0, 0.1) is 10.2 Å². The van der Waals surface area contributed by atoms with Gasteiger partial charge in [0.2, 0.25) is 0 Å². The first-order valence-corrected chi connectivity index (χ1v) is 6.82. The average Bonchev–Trinajstić information content (AvgIpc) is 2.23. The number of allylic oxidation sites excluding steroid dienone is 7. The molecule has 6 nitrogen and oxygen atoms in total. The Balaban J connectivity index is 0. The Labute approximate surface area is 122 Å². The van der Waals surface area contributed by atoms with Gasteiger partial charge in [0.1, 0.15) is 14.1 Å². The molecule has 7 heteroatoms. The molecule has 0 atom stereocenters. The molecule has 0 saturated heterocycles. The molecule has 0 spiro atoms. The molecule has 0 aromatic heterocycles. The molecule has 0 aliphatic heterocycles. The summed E-state index contributed by atoms with van der Waals surface area (Å²) >= 11 is 0. The molecule has 0 aromatic carbocycles. The van der Waals surface area contributed by atoms with Crippen LogP contribution in [0.15, 0.2) is 48.7 Å². The first-order valence-electron chi connectivity index (χ1n) is 5.59. The maximum Gasteiger partial charge on any atom is 0.162 e. The highest BCUT2D eigenvalue weighted by atomic mass is 35.7. The molecule has 0 rings (SSSR count). The van der Waals surface area contributed by atoms with Crippen LogP contribution in [0.1, 0.15) is 0 Å². The second-order valence-corrected chi connectivity index (χ2v) is 4.71. The van der Waals surface area contributed by atoms with Crippen LogP contribution in [-0.4, -0.2) is 43.9 Å². The van der Waals surface area contributed by atoms with E-state index in [9.17, 15) is 0 Å². The Hall–Kier alpha value is -1.44. The minimum atomic E-state index is -4.94. The topological polar surface area (TPSA) is 98.5 Å². The van der Waals surface area contributed by atoms with E-state index < -0.39 is 10.2 Å². The van der Waals surface area contributed by atoms with Gasteiger partial charge in [-0.25, -0.2) is 23.2 Å². The van der Waals surface area contributed by atoms with Crippen molar-refractivity contribution in [2.24, 2.45) is 0 Å². The summed E-state index contributed by atoms with van der Waals surface area (Å²) in [5.74, 6) is 0. The zero-order valence-corrected chi connectivity index (χ0v) is 12.9. The van der Waals surface area contributed by atoms with Crippen LogP contribution < -0.4 is 18.6 Å². The lowest BCUT2D eigenvalue weighted by atomic mass is 10.4. The lowest BCUT2D eigenvalue weighted by molar-refractivity contribution is -2.00. The highest BCUT2D eigenvalue weighted by molar-refractivity contribution is 5.66. The quantitative estimate of drug-likeness (QED) is 0.313. The number of hydrogen-bond acceptors (Lipinski definition) is 5. The SMILES string of the molecule is CN(C)C=CC=CC=CC=CC=[N+](C)C.[O-][Cl+3]([O-])([O-])[O-]. The monoisotopic (exact) mass is 304 g/mol. The Bertz CT molecular complexity index is 370. The second-order valence-electron chi connectivity index (χ2n) is 3.95. The van der Waals surface area contributed by atoms with Crippen LogP contribution in [0.3, 0.4) is 0 Å². The second kappa shape index (κ2) is 12.6. The van der Waals surface area contributed by atoms with Gasteiger partial charge in [0.15, 0.2) is 6.21 Å². The lowest BCUT2D eigenvalue weighted by Gasteiger charge is -2.17. The Kier molecular flexibility index (Phi) is 13.1. The molecule has 0 fully saturated rings. The Morgan fingerprint density at radius 3 is 1.45 bits per heavy atom. The highest BCUT2D eigenvalue weighted by Gasteiger charge is 1.84. The van der Waals surface area contributed by atoms with Gasteiger partial charge in [-0.3, -0.25) is 0 Å². The van der Waals surface area contributed by atoms with Crippen LogP contribution in [0.4, 0.5) is 0 Å². The molecule has 20 heavy (non-hydrogen) atoms. The summed E-state index contributed by atoms with van der Waals surface area (Å²) < 4.78 is 36.0. The number of nitrogens with zero attached hydrogens (tertiary/aromatic N) is 2. The maximum absolute atomic E-state index is 8.49. The molecule has 0 N–H and O–H groups in total. The molecule has 0 radical (unpaired) electrons. The van der Waals surface area contributed by atoms with Crippen LogP contribution >= 0.6 is 0 Å². The standard InChI is InChI=1S/C13H21N2.ClHO4/c1-14(2)12-10-8-6-5-7-9-11-13-15(3)4;2-1(3,4)5/h5-13H,1-4H3;(H,2,3,4,5)/q+1;/p-1.